The molecule has 0 saturated carbocycles. The number of hydrogen-bond donors (Lipinski definition) is 4. The molecule has 0 aliphatic rings. The van der Waals surface area contributed by atoms with Gasteiger partial charge < -0.3 is 30.1 Å². The molecule has 0 aliphatic carbocycles. The summed E-state index contributed by atoms with van der Waals surface area (Å²) >= 11 is 0. The number of nitrogens with zero attached hydrogens (tertiary/aromatic N) is 5. The number of aromatic amines is 2. The molecular formula is C26H28FeN7O2+. The molecule has 6 aromatic rings. The van der Waals surface area contributed by atoms with Crippen molar-refractivity contribution in [1.82, 2.24) is 34.8 Å². The van der Waals surface area contributed by atoms with Gasteiger partial charge in [-0.25, -0.2) is 9.97 Å². The van der Waals surface area contributed by atoms with Crippen LogP contribution in [-0.4, -0.2) is 54.3 Å². The third kappa shape index (κ3) is 6.17. The molecule has 0 spiro atoms. The molecule has 186 valence electrons. The molecule has 6 rings (SSSR count). The summed E-state index contributed by atoms with van der Waals surface area (Å²) in [5.74, 6) is 2.62. The Labute approximate surface area is 219 Å². The third-order valence-electron chi connectivity index (χ3n) is 5.37. The molecule has 0 radical (unpaired) electrons. The van der Waals surface area contributed by atoms with Gasteiger partial charge in [-0.15, -0.1) is 0 Å². The minimum Gasteiger partial charge on any atom is -0.438 e. The Kier molecular flexibility index (Phi) is 9.75. The first-order valence-corrected chi connectivity index (χ1v) is 11.2. The van der Waals surface area contributed by atoms with Crippen molar-refractivity contribution in [3.8, 4) is 0 Å². The first-order chi connectivity index (χ1) is 17.3. The minimum absolute atomic E-state index is 0. The summed E-state index contributed by atoms with van der Waals surface area (Å²) in [7, 11) is 2.00. The van der Waals surface area contributed by atoms with E-state index in [1.165, 1.54) is 0 Å². The Morgan fingerprint density at radius 1 is 0.639 bits per heavy atom. The first-order valence-electron chi connectivity index (χ1n) is 11.2. The summed E-state index contributed by atoms with van der Waals surface area (Å²) < 4.78 is 0. The molecular weight excluding hydrogens is 498 g/mol. The largest absolute Gasteiger partial charge is 2.00 e. The Balaban J connectivity index is 0.000000690. The summed E-state index contributed by atoms with van der Waals surface area (Å²) in [5, 5.41) is 14.0. The van der Waals surface area contributed by atoms with Crippen LogP contribution in [0.2, 0.25) is 0 Å². The quantitative estimate of drug-likeness (QED) is 0.245. The van der Waals surface area contributed by atoms with Gasteiger partial charge in [-0.2, -0.15) is 0 Å². The monoisotopic (exact) mass is 526 g/mol. The van der Waals surface area contributed by atoms with Crippen molar-refractivity contribution < 1.29 is 27.3 Å². The van der Waals surface area contributed by atoms with E-state index in [0.29, 0.717) is 19.6 Å². The van der Waals surface area contributed by atoms with Crippen LogP contribution in [-0.2, 0) is 36.7 Å². The van der Waals surface area contributed by atoms with Crippen molar-refractivity contribution in [2.45, 2.75) is 19.6 Å². The SMILES string of the molecule is CO.CO.[Fe+2].c1ccc2[n-]c(CN(Cc3nc4ccccc4[nH]3)Cc3nc4ccccc4[nH]3)nc2c1. The standard InChI is InChI=1S/C24H20N7.2CH4O.Fe/c1-2-8-17-16(7-1)25-22(26-17)13-31(14-23-27-18-9-3-4-10-19(18)28-23)15-24-29-20-11-5-6-12-21(20)30-24;2*1-2;/h1-12H,13-15H2,(H2-,25,26,27,28,29,30);2*2H,1H3;/q-1;;;+2. The van der Waals surface area contributed by atoms with Gasteiger partial charge in [0.1, 0.15) is 11.6 Å². The number of aliphatic hydroxyl groups excluding tert-OH is 2. The zero-order chi connectivity index (χ0) is 24.6. The summed E-state index contributed by atoms with van der Waals surface area (Å²) in [6, 6.07) is 24.1. The van der Waals surface area contributed by atoms with Gasteiger partial charge in [0.25, 0.3) is 0 Å². The van der Waals surface area contributed by atoms with E-state index in [0.717, 1.165) is 64.8 Å². The maximum atomic E-state index is 7.00. The van der Waals surface area contributed by atoms with E-state index in [2.05, 4.69) is 14.9 Å². The van der Waals surface area contributed by atoms with Crippen LogP contribution in [0.25, 0.3) is 33.1 Å². The van der Waals surface area contributed by atoms with E-state index in [9.17, 15) is 0 Å². The summed E-state index contributed by atoms with van der Waals surface area (Å²) in [4.78, 5) is 28.0. The molecule has 0 bridgehead atoms. The Hall–Kier alpha value is -3.53. The molecule has 9 nitrogen and oxygen atoms in total. The van der Waals surface area contributed by atoms with Crippen LogP contribution in [0.1, 0.15) is 17.5 Å². The topological polar surface area (TPSA) is 128 Å². The summed E-state index contributed by atoms with van der Waals surface area (Å²) in [5.41, 5.74) is 5.86. The number of benzene rings is 3. The molecule has 0 amide bonds. The van der Waals surface area contributed by atoms with Crippen LogP contribution >= 0.6 is 0 Å². The van der Waals surface area contributed by atoms with E-state index in [1.54, 1.807) is 0 Å². The second-order valence-corrected chi connectivity index (χ2v) is 7.68. The van der Waals surface area contributed by atoms with Crippen molar-refractivity contribution >= 4 is 33.1 Å². The van der Waals surface area contributed by atoms with Crippen molar-refractivity contribution in [2.24, 2.45) is 0 Å². The van der Waals surface area contributed by atoms with E-state index in [4.69, 9.17) is 30.1 Å². The molecule has 0 aliphatic heterocycles. The van der Waals surface area contributed by atoms with Crippen LogP contribution in [0, 0.1) is 0 Å². The van der Waals surface area contributed by atoms with Gasteiger partial charge in [0.15, 0.2) is 0 Å². The molecule has 10 heteroatoms. The van der Waals surface area contributed by atoms with Crippen LogP contribution in [0.15, 0.2) is 72.8 Å². The fourth-order valence-corrected chi connectivity index (χ4v) is 3.98. The van der Waals surface area contributed by atoms with Crippen molar-refractivity contribution in [2.75, 3.05) is 14.2 Å². The van der Waals surface area contributed by atoms with E-state index < -0.39 is 0 Å². The fraction of sp³-hybridized carbons (Fsp3) is 0.192. The summed E-state index contributed by atoms with van der Waals surface area (Å²) in [6.45, 7) is 1.87. The number of nitrogens with one attached hydrogen (secondary N) is 2. The molecule has 0 saturated heterocycles. The Morgan fingerprint density at radius 3 is 1.61 bits per heavy atom. The molecule has 3 heterocycles. The van der Waals surface area contributed by atoms with Gasteiger partial charge in [0.2, 0.25) is 0 Å². The number of para-hydroxylation sites is 6. The maximum Gasteiger partial charge on any atom is 2.00 e. The van der Waals surface area contributed by atoms with Crippen LogP contribution in [0.3, 0.4) is 0 Å². The fourth-order valence-electron chi connectivity index (χ4n) is 3.98. The molecule has 0 atom stereocenters. The van der Waals surface area contributed by atoms with E-state index in [1.807, 2.05) is 72.8 Å². The molecule has 0 fully saturated rings. The number of imidazole rings is 3. The van der Waals surface area contributed by atoms with Crippen LogP contribution in [0.4, 0.5) is 0 Å². The molecule has 4 N–H and O–H groups in total. The number of rotatable bonds is 6. The molecule has 0 unspecified atom stereocenters. The average Bonchev–Trinajstić information content (AvgIpc) is 3.61. The van der Waals surface area contributed by atoms with Crippen LogP contribution < -0.4 is 4.98 Å². The van der Waals surface area contributed by atoms with Crippen molar-refractivity contribution in [3.63, 3.8) is 0 Å². The smallest absolute Gasteiger partial charge is 0.438 e. The predicted molar refractivity (Wildman–Crippen MR) is 136 cm³/mol. The second-order valence-electron chi connectivity index (χ2n) is 7.68. The normalized spacial score (nSPS) is 10.6. The zero-order valence-electron chi connectivity index (χ0n) is 20.0. The minimum atomic E-state index is 0. The van der Waals surface area contributed by atoms with Crippen molar-refractivity contribution in [3.05, 3.63) is 90.3 Å². The van der Waals surface area contributed by atoms with Gasteiger partial charge in [-0.3, -0.25) is 4.90 Å². The molecule has 3 aromatic heterocycles. The number of fused-ring (bicyclic) bond motifs is 3. The van der Waals surface area contributed by atoms with Gasteiger partial charge in [0.05, 0.1) is 35.2 Å². The van der Waals surface area contributed by atoms with Gasteiger partial charge in [-0.05, 0) is 35.3 Å². The number of aromatic nitrogens is 6. The summed E-state index contributed by atoms with van der Waals surface area (Å²) in [6.07, 6.45) is 0. The van der Waals surface area contributed by atoms with Gasteiger partial charge in [0, 0.05) is 20.8 Å². The average molecular weight is 526 g/mol. The van der Waals surface area contributed by atoms with E-state index in [-0.39, 0.29) is 17.1 Å². The first kappa shape index (κ1) is 27.1. The molecule has 3 aromatic carbocycles. The third-order valence-corrected chi connectivity index (χ3v) is 5.37. The number of aliphatic hydroxyl groups is 2. The van der Waals surface area contributed by atoms with Crippen molar-refractivity contribution in [1.29, 1.82) is 0 Å². The van der Waals surface area contributed by atoms with E-state index >= 15 is 0 Å². The zero-order valence-corrected chi connectivity index (χ0v) is 21.1. The Morgan fingerprint density at radius 2 is 1.11 bits per heavy atom. The van der Waals surface area contributed by atoms with Gasteiger partial charge in [-0.1, -0.05) is 54.4 Å². The Bertz CT molecular complexity index is 1230. The second kappa shape index (κ2) is 13.0. The predicted octanol–water partition coefficient (Wildman–Crippen LogP) is 3.36. The molecule has 36 heavy (non-hydrogen) atoms. The van der Waals surface area contributed by atoms with Crippen LogP contribution in [0.5, 0.6) is 0 Å². The maximum absolute atomic E-state index is 7.00. The number of H-pyrrole nitrogens is 2. The van der Waals surface area contributed by atoms with Gasteiger partial charge >= 0.3 is 17.1 Å². The number of hydrogen-bond acceptors (Lipinski definition) is 6.